The maximum absolute atomic E-state index is 13.6. The van der Waals surface area contributed by atoms with Crippen molar-refractivity contribution in [2.45, 2.75) is 26.2 Å². The van der Waals surface area contributed by atoms with E-state index in [0.29, 0.717) is 35.8 Å². The van der Waals surface area contributed by atoms with Crippen molar-refractivity contribution in [3.05, 3.63) is 47.1 Å². The van der Waals surface area contributed by atoms with Gasteiger partial charge in [0, 0.05) is 31.5 Å². The Balaban J connectivity index is 1.50. The largest absolute Gasteiger partial charge is 0.352 e. The van der Waals surface area contributed by atoms with Gasteiger partial charge in [-0.3, -0.25) is 4.79 Å². The number of aryl methyl sites for hydroxylation is 2. The van der Waals surface area contributed by atoms with Gasteiger partial charge in [-0.1, -0.05) is 28.9 Å². The Labute approximate surface area is 145 Å². The highest BCUT2D eigenvalue weighted by molar-refractivity contribution is 5.76. The molecule has 3 rings (SSSR count). The summed E-state index contributed by atoms with van der Waals surface area (Å²) in [7, 11) is 0. The highest BCUT2D eigenvalue weighted by Gasteiger charge is 2.12. The van der Waals surface area contributed by atoms with E-state index in [0.717, 1.165) is 19.5 Å². The lowest BCUT2D eigenvalue weighted by molar-refractivity contribution is -0.121. The van der Waals surface area contributed by atoms with Crippen LogP contribution in [0, 0.1) is 12.7 Å². The summed E-state index contributed by atoms with van der Waals surface area (Å²) in [6.45, 7) is 4.08. The van der Waals surface area contributed by atoms with E-state index in [9.17, 15) is 9.18 Å². The average molecular weight is 344 g/mol. The summed E-state index contributed by atoms with van der Waals surface area (Å²) in [4.78, 5) is 16.2. The third-order valence-corrected chi connectivity index (χ3v) is 4.13. The van der Waals surface area contributed by atoms with E-state index in [4.69, 9.17) is 4.52 Å². The zero-order valence-electron chi connectivity index (χ0n) is 14.1. The van der Waals surface area contributed by atoms with Crippen molar-refractivity contribution in [2.75, 3.05) is 19.6 Å². The summed E-state index contributed by atoms with van der Waals surface area (Å²) < 4.78 is 18.8. The Morgan fingerprint density at radius 3 is 3.08 bits per heavy atom. The van der Waals surface area contributed by atoms with Gasteiger partial charge in [0.25, 0.3) is 0 Å². The normalized spacial score (nSPS) is 14.2. The number of aromatic nitrogens is 2. The van der Waals surface area contributed by atoms with Crippen LogP contribution in [0.5, 0.6) is 0 Å². The van der Waals surface area contributed by atoms with Gasteiger partial charge >= 0.3 is 0 Å². The van der Waals surface area contributed by atoms with E-state index in [2.05, 4.69) is 26.9 Å². The zero-order chi connectivity index (χ0) is 17.6. The maximum atomic E-state index is 13.6. The van der Waals surface area contributed by atoms with Crippen LogP contribution in [0.25, 0.3) is 11.4 Å². The van der Waals surface area contributed by atoms with Crippen LogP contribution in [0.15, 0.2) is 34.4 Å². The summed E-state index contributed by atoms with van der Waals surface area (Å²) in [6, 6.07) is 4.79. The summed E-state index contributed by atoms with van der Waals surface area (Å²) >= 11 is 0. The number of amides is 1. The molecule has 0 unspecified atom stereocenters. The van der Waals surface area contributed by atoms with Crippen molar-refractivity contribution in [1.82, 2.24) is 20.8 Å². The molecule has 1 aromatic heterocycles. The minimum Gasteiger partial charge on any atom is -0.352 e. The fourth-order valence-electron chi connectivity index (χ4n) is 2.56. The van der Waals surface area contributed by atoms with E-state index in [1.165, 1.54) is 11.6 Å². The molecule has 1 aliphatic heterocycles. The molecule has 0 saturated heterocycles. The van der Waals surface area contributed by atoms with Crippen molar-refractivity contribution in [3.63, 3.8) is 0 Å². The topological polar surface area (TPSA) is 80.0 Å². The Bertz CT molecular complexity index is 785. The summed E-state index contributed by atoms with van der Waals surface area (Å²) in [5.41, 5.74) is 2.36. The van der Waals surface area contributed by atoms with Gasteiger partial charge in [0.2, 0.25) is 17.6 Å². The number of hydrogen-bond acceptors (Lipinski definition) is 5. The molecule has 0 atom stereocenters. The molecule has 2 aromatic rings. The first-order valence-corrected chi connectivity index (χ1v) is 8.36. The van der Waals surface area contributed by atoms with Gasteiger partial charge in [0.1, 0.15) is 5.82 Å². The summed E-state index contributed by atoms with van der Waals surface area (Å²) in [6.07, 6.45) is 3.69. The molecule has 0 radical (unpaired) electrons. The molecule has 1 amide bonds. The summed E-state index contributed by atoms with van der Waals surface area (Å²) in [5, 5.41) is 9.99. The second-order valence-electron chi connectivity index (χ2n) is 6.07. The molecule has 0 saturated carbocycles. The van der Waals surface area contributed by atoms with Gasteiger partial charge < -0.3 is 15.2 Å². The van der Waals surface area contributed by atoms with Crippen LogP contribution in [-0.4, -0.2) is 35.7 Å². The van der Waals surface area contributed by atoms with Gasteiger partial charge in [-0.2, -0.15) is 4.98 Å². The lowest BCUT2D eigenvalue weighted by Gasteiger charge is -2.14. The second kappa shape index (κ2) is 8.02. The van der Waals surface area contributed by atoms with Gasteiger partial charge in [-0.15, -0.1) is 0 Å². The standard InChI is InChI=1S/C18H21FN4O2/c1-12-2-3-14(10-15(12)19)18-22-17(25-23-18)5-4-16(24)21-11-13-6-8-20-9-7-13/h2-3,6,10,20H,4-5,7-9,11H2,1H3,(H,21,24). The molecular formula is C18H21FN4O2. The van der Waals surface area contributed by atoms with Crippen LogP contribution in [0.2, 0.25) is 0 Å². The van der Waals surface area contributed by atoms with Crippen molar-refractivity contribution in [1.29, 1.82) is 0 Å². The Morgan fingerprint density at radius 1 is 1.44 bits per heavy atom. The minimum atomic E-state index is -0.310. The highest BCUT2D eigenvalue weighted by Crippen LogP contribution is 2.19. The molecule has 6 nitrogen and oxygen atoms in total. The Kier molecular flexibility index (Phi) is 5.55. The fourth-order valence-corrected chi connectivity index (χ4v) is 2.56. The number of nitrogens with one attached hydrogen (secondary N) is 2. The van der Waals surface area contributed by atoms with Gasteiger partial charge in [0.15, 0.2) is 0 Å². The number of benzene rings is 1. The molecule has 7 heteroatoms. The molecule has 25 heavy (non-hydrogen) atoms. The van der Waals surface area contributed by atoms with Crippen LogP contribution in [0.3, 0.4) is 0 Å². The van der Waals surface area contributed by atoms with E-state index >= 15 is 0 Å². The third-order valence-electron chi connectivity index (χ3n) is 4.13. The summed E-state index contributed by atoms with van der Waals surface area (Å²) in [5.74, 6) is 0.331. The molecule has 132 valence electrons. The number of hydrogen-bond donors (Lipinski definition) is 2. The van der Waals surface area contributed by atoms with Crippen molar-refractivity contribution >= 4 is 5.91 Å². The third kappa shape index (κ3) is 4.73. The first kappa shape index (κ1) is 17.3. The highest BCUT2D eigenvalue weighted by atomic mass is 19.1. The lowest BCUT2D eigenvalue weighted by Crippen LogP contribution is -2.29. The second-order valence-corrected chi connectivity index (χ2v) is 6.07. The molecule has 1 aromatic carbocycles. The number of rotatable bonds is 6. The predicted molar refractivity (Wildman–Crippen MR) is 91.3 cm³/mol. The van der Waals surface area contributed by atoms with E-state index in [1.807, 2.05) is 0 Å². The van der Waals surface area contributed by atoms with Crippen LogP contribution >= 0.6 is 0 Å². The molecular weight excluding hydrogens is 323 g/mol. The minimum absolute atomic E-state index is 0.0550. The molecule has 0 spiro atoms. The van der Waals surface area contributed by atoms with Gasteiger partial charge in [0.05, 0.1) is 0 Å². The number of nitrogens with zero attached hydrogens (tertiary/aromatic N) is 2. The molecule has 2 N–H and O–H groups in total. The Hall–Kier alpha value is -2.54. The van der Waals surface area contributed by atoms with Crippen molar-refractivity contribution in [3.8, 4) is 11.4 Å². The fraction of sp³-hybridized carbons (Fsp3) is 0.389. The maximum Gasteiger partial charge on any atom is 0.227 e. The van der Waals surface area contributed by atoms with Crippen molar-refractivity contribution < 1.29 is 13.7 Å². The molecule has 0 bridgehead atoms. The number of halogens is 1. The predicted octanol–water partition coefficient (Wildman–Crippen LogP) is 2.15. The number of carbonyl (C=O) groups excluding carboxylic acids is 1. The zero-order valence-corrected chi connectivity index (χ0v) is 14.1. The first-order valence-electron chi connectivity index (χ1n) is 8.36. The molecule has 0 fully saturated rings. The Morgan fingerprint density at radius 2 is 2.32 bits per heavy atom. The van der Waals surface area contributed by atoms with Crippen molar-refractivity contribution in [2.24, 2.45) is 0 Å². The lowest BCUT2D eigenvalue weighted by atomic mass is 10.1. The van der Waals surface area contributed by atoms with Crippen LogP contribution in [-0.2, 0) is 11.2 Å². The quantitative estimate of drug-likeness (QED) is 0.785. The van der Waals surface area contributed by atoms with E-state index in [-0.39, 0.29) is 18.1 Å². The monoisotopic (exact) mass is 344 g/mol. The molecule has 2 heterocycles. The van der Waals surface area contributed by atoms with E-state index in [1.54, 1.807) is 19.1 Å². The average Bonchev–Trinajstić information content (AvgIpc) is 3.10. The van der Waals surface area contributed by atoms with Crippen LogP contribution in [0.1, 0.15) is 24.3 Å². The smallest absolute Gasteiger partial charge is 0.227 e. The number of carbonyl (C=O) groups is 1. The first-order chi connectivity index (χ1) is 12.1. The van der Waals surface area contributed by atoms with Gasteiger partial charge in [-0.05, 0) is 31.5 Å². The van der Waals surface area contributed by atoms with Crippen LogP contribution in [0.4, 0.5) is 4.39 Å². The molecule has 1 aliphatic rings. The van der Waals surface area contributed by atoms with Crippen LogP contribution < -0.4 is 10.6 Å². The molecule has 0 aliphatic carbocycles. The van der Waals surface area contributed by atoms with Gasteiger partial charge in [-0.25, -0.2) is 4.39 Å². The van der Waals surface area contributed by atoms with E-state index < -0.39 is 0 Å². The SMILES string of the molecule is Cc1ccc(-c2noc(CCC(=O)NCC3=CCNCC3)n2)cc1F.